The van der Waals surface area contributed by atoms with Crippen molar-refractivity contribution in [2.24, 2.45) is 29.4 Å². The number of hydrogen-bond acceptors (Lipinski definition) is 3. The molecule has 4 aliphatic rings. The molecular weight excluding hydrogens is 236 g/mol. The van der Waals surface area contributed by atoms with E-state index in [9.17, 15) is 0 Å². The van der Waals surface area contributed by atoms with Gasteiger partial charge in [-0.2, -0.15) is 0 Å². The fourth-order valence-electron chi connectivity index (χ4n) is 5.41. The van der Waals surface area contributed by atoms with E-state index in [2.05, 4.69) is 21.9 Å². The van der Waals surface area contributed by atoms with Crippen molar-refractivity contribution in [3.05, 3.63) is 11.4 Å². The highest BCUT2D eigenvalue weighted by Crippen LogP contribution is 2.58. The highest BCUT2D eigenvalue weighted by molar-refractivity contribution is 5.13. The number of aromatic nitrogens is 3. The molecule has 0 radical (unpaired) electrons. The summed E-state index contributed by atoms with van der Waals surface area (Å²) in [6, 6.07) is 0.621. The number of hydrogen-bond donors (Lipinski definition) is 1. The molecular formula is C15H24N4. The normalized spacial score (nSPS) is 40.0. The van der Waals surface area contributed by atoms with Crippen LogP contribution in [0.5, 0.6) is 0 Å². The summed E-state index contributed by atoms with van der Waals surface area (Å²) in [4.78, 5) is 0. The fourth-order valence-corrected chi connectivity index (χ4v) is 5.41. The Kier molecular flexibility index (Phi) is 2.69. The number of nitrogens with zero attached hydrogens (tertiary/aromatic N) is 3. The molecule has 4 saturated carbocycles. The van der Waals surface area contributed by atoms with E-state index < -0.39 is 0 Å². The van der Waals surface area contributed by atoms with Crippen molar-refractivity contribution in [2.75, 3.05) is 0 Å². The predicted molar refractivity (Wildman–Crippen MR) is 73.4 cm³/mol. The van der Waals surface area contributed by atoms with Gasteiger partial charge in [0.1, 0.15) is 0 Å². The van der Waals surface area contributed by atoms with Crippen LogP contribution in [0, 0.1) is 23.7 Å². The molecule has 1 heterocycles. The van der Waals surface area contributed by atoms with Crippen molar-refractivity contribution in [3.63, 3.8) is 0 Å². The van der Waals surface area contributed by atoms with Gasteiger partial charge < -0.3 is 5.73 Å². The Morgan fingerprint density at radius 1 is 1.11 bits per heavy atom. The van der Waals surface area contributed by atoms with Crippen LogP contribution in [0.15, 0.2) is 0 Å². The van der Waals surface area contributed by atoms with Crippen LogP contribution in [0.1, 0.15) is 56.5 Å². The molecule has 1 aromatic rings. The predicted octanol–water partition coefficient (Wildman–Crippen LogP) is 2.30. The van der Waals surface area contributed by atoms with E-state index >= 15 is 0 Å². The summed E-state index contributed by atoms with van der Waals surface area (Å²) in [5.41, 5.74) is 8.10. The fraction of sp³-hybridized carbons (Fsp3) is 0.867. The quantitative estimate of drug-likeness (QED) is 0.907. The molecule has 0 unspecified atom stereocenters. The molecule has 4 fully saturated rings. The van der Waals surface area contributed by atoms with Crippen molar-refractivity contribution >= 4 is 0 Å². The van der Waals surface area contributed by atoms with Gasteiger partial charge in [0.2, 0.25) is 0 Å². The first kappa shape index (κ1) is 11.9. The van der Waals surface area contributed by atoms with Crippen LogP contribution in [-0.2, 0) is 13.0 Å². The summed E-state index contributed by atoms with van der Waals surface area (Å²) in [6.45, 7) is 2.72. The van der Waals surface area contributed by atoms with Gasteiger partial charge in [0.15, 0.2) is 0 Å². The lowest BCUT2D eigenvalue weighted by Gasteiger charge is -2.54. The second-order valence-electron chi connectivity index (χ2n) is 6.91. The highest BCUT2D eigenvalue weighted by atomic mass is 15.4. The van der Waals surface area contributed by atoms with E-state index in [0.29, 0.717) is 12.6 Å². The summed E-state index contributed by atoms with van der Waals surface area (Å²) in [5, 5.41) is 8.82. The van der Waals surface area contributed by atoms with Crippen molar-refractivity contribution in [2.45, 2.75) is 58.0 Å². The van der Waals surface area contributed by atoms with E-state index in [0.717, 1.165) is 35.8 Å². The third-order valence-corrected chi connectivity index (χ3v) is 5.86. The zero-order valence-corrected chi connectivity index (χ0v) is 11.8. The van der Waals surface area contributed by atoms with Gasteiger partial charge in [0.05, 0.1) is 17.4 Å². The van der Waals surface area contributed by atoms with Crippen LogP contribution in [0.25, 0.3) is 0 Å². The summed E-state index contributed by atoms with van der Waals surface area (Å²) in [7, 11) is 0. The first-order chi connectivity index (χ1) is 9.30. The number of nitrogens with two attached hydrogens (primary N) is 1. The third kappa shape index (κ3) is 1.69. The molecule has 0 aromatic carbocycles. The minimum Gasteiger partial charge on any atom is -0.325 e. The van der Waals surface area contributed by atoms with Crippen molar-refractivity contribution in [1.82, 2.24) is 15.0 Å². The van der Waals surface area contributed by atoms with Gasteiger partial charge in [-0.15, -0.1) is 5.10 Å². The summed E-state index contributed by atoms with van der Waals surface area (Å²) >= 11 is 0. The summed E-state index contributed by atoms with van der Waals surface area (Å²) in [6.07, 6.45) is 8.22. The molecule has 1 aromatic heterocycles. The molecule has 19 heavy (non-hydrogen) atoms. The molecule has 4 bridgehead atoms. The summed E-state index contributed by atoms with van der Waals surface area (Å²) < 4.78 is 2.27. The van der Waals surface area contributed by atoms with Gasteiger partial charge in [0.25, 0.3) is 0 Å². The van der Waals surface area contributed by atoms with Crippen LogP contribution in [-0.4, -0.2) is 15.0 Å². The topological polar surface area (TPSA) is 56.7 Å². The maximum Gasteiger partial charge on any atom is 0.0994 e. The van der Waals surface area contributed by atoms with E-state index in [1.807, 2.05) is 0 Å². The van der Waals surface area contributed by atoms with E-state index in [1.54, 1.807) is 0 Å². The Balaban J connectivity index is 1.71. The second-order valence-corrected chi connectivity index (χ2v) is 6.91. The maximum absolute atomic E-state index is 5.80. The summed E-state index contributed by atoms with van der Waals surface area (Å²) in [5.74, 6) is 3.74. The maximum atomic E-state index is 5.80. The van der Waals surface area contributed by atoms with Gasteiger partial charge in [-0.3, -0.25) is 0 Å². The lowest BCUT2D eigenvalue weighted by Crippen LogP contribution is -2.46. The highest BCUT2D eigenvalue weighted by Gasteiger charge is 2.49. The lowest BCUT2D eigenvalue weighted by atomic mass is 9.54. The SMILES string of the molecule is CCc1c(CN)nnn1C1C2CC3CC(C2)CC1C3. The Bertz CT molecular complexity index is 450. The molecule has 0 atom stereocenters. The molecule has 4 heteroatoms. The smallest absolute Gasteiger partial charge is 0.0994 e. The van der Waals surface area contributed by atoms with Crippen molar-refractivity contribution < 1.29 is 0 Å². The molecule has 0 spiro atoms. The monoisotopic (exact) mass is 260 g/mol. The first-order valence-electron chi connectivity index (χ1n) is 7.93. The minimum atomic E-state index is 0.524. The van der Waals surface area contributed by atoms with Crippen LogP contribution in [0.3, 0.4) is 0 Å². The Labute approximate surface area is 114 Å². The lowest BCUT2D eigenvalue weighted by molar-refractivity contribution is -0.0352. The Hall–Kier alpha value is -0.900. The molecule has 5 rings (SSSR count). The standard InChI is InChI=1S/C15H24N4/c1-2-14-13(8-16)17-18-19(14)15-11-4-9-3-10(6-11)7-12(15)5-9/h9-12,15H,2-8,16H2,1H3. The van der Waals surface area contributed by atoms with E-state index in [1.165, 1.54) is 37.8 Å². The zero-order valence-electron chi connectivity index (χ0n) is 11.8. The van der Waals surface area contributed by atoms with Gasteiger partial charge >= 0.3 is 0 Å². The second kappa shape index (κ2) is 4.30. The molecule has 4 nitrogen and oxygen atoms in total. The van der Waals surface area contributed by atoms with Crippen LogP contribution >= 0.6 is 0 Å². The minimum absolute atomic E-state index is 0.524. The first-order valence-corrected chi connectivity index (χ1v) is 7.93. The molecule has 104 valence electrons. The van der Waals surface area contributed by atoms with Gasteiger partial charge in [-0.1, -0.05) is 12.1 Å². The van der Waals surface area contributed by atoms with E-state index in [-0.39, 0.29) is 0 Å². The van der Waals surface area contributed by atoms with Gasteiger partial charge in [0, 0.05) is 6.54 Å². The van der Waals surface area contributed by atoms with Crippen molar-refractivity contribution in [1.29, 1.82) is 0 Å². The van der Waals surface area contributed by atoms with Gasteiger partial charge in [-0.05, 0) is 62.2 Å². The molecule has 0 saturated heterocycles. The Morgan fingerprint density at radius 2 is 1.74 bits per heavy atom. The van der Waals surface area contributed by atoms with E-state index in [4.69, 9.17) is 5.73 Å². The average Bonchev–Trinajstić information content (AvgIpc) is 2.80. The van der Waals surface area contributed by atoms with Crippen LogP contribution in [0.4, 0.5) is 0 Å². The van der Waals surface area contributed by atoms with Crippen LogP contribution in [0.2, 0.25) is 0 Å². The van der Waals surface area contributed by atoms with Crippen molar-refractivity contribution in [3.8, 4) is 0 Å². The molecule has 0 amide bonds. The molecule has 0 aliphatic heterocycles. The Morgan fingerprint density at radius 3 is 2.26 bits per heavy atom. The molecule has 4 aliphatic carbocycles. The zero-order chi connectivity index (χ0) is 13.0. The largest absolute Gasteiger partial charge is 0.325 e. The molecule has 2 N–H and O–H groups in total. The number of rotatable bonds is 3. The van der Waals surface area contributed by atoms with Gasteiger partial charge in [-0.25, -0.2) is 4.68 Å². The van der Waals surface area contributed by atoms with Crippen LogP contribution < -0.4 is 5.73 Å². The third-order valence-electron chi connectivity index (χ3n) is 5.86. The average molecular weight is 260 g/mol.